The second-order valence-corrected chi connectivity index (χ2v) is 7.53. The van der Waals surface area contributed by atoms with Gasteiger partial charge in [0.2, 0.25) is 5.91 Å². The predicted octanol–water partition coefficient (Wildman–Crippen LogP) is 2.91. The Morgan fingerprint density at radius 3 is 2.62 bits per heavy atom. The maximum absolute atomic E-state index is 12.6. The van der Waals surface area contributed by atoms with Crippen LogP contribution in [0.5, 0.6) is 0 Å². The number of hydrogen-bond donors (Lipinski definition) is 1. The fourth-order valence-corrected chi connectivity index (χ4v) is 4.99. The summed E-state index contributed by atoms with van der Waals surface area (Å²) in [6, 6.07) is -0.550. The quantitative estimate of drug-likeness (QED) is 0.870. The standard InChI is InChI=1S/C17H27NO3/c1-11-4-2-5-12(8-11)9-15(19)18-10-13-6-3-7-14(13)16(18)17(20)21/h11-14,16H,2-10H2,1H3,(H,20,21). The van der Waals surface area contributed by atoms with Gasteiger partial charge >= 0.3 is 5.97 Å². The minimum atomic E-state index is -0.797. The van der Waals surface area contributed by atoms with Gasteiger partial charge in [-0.2, -0.15) is 0 Å². The van der Waals surface area contributed by atoms with Gasteiger partial charge in [0.25, 0.3) is 0 Å². The molecule has 2 saturated carbocycles. The molecule has 4 nitrogen and oxygen atoms in total. The maximum Gasteiger partial charge on any atom is 0.326 e. The summed E-state index contributed by atoms with van der Waals surface area (Å²) in [4.78, 5) is 25.9. The second-order valence-electron chi connectivity index (χ2n) is 7.53. The molecule has 0 radical (unpaired) electrons. The average molecular weight is 293 g/mol. The lowest BCUT2D eigenvalue weighted by atomic mass is 9.80. The molecule has 4 heteroatoms. The summed E-state index contributed by atoms with van der Waals surface area (Å²) in [5, 5.41) is 9.53. The van der Waals surface area contributed by atoms with Gasteiger partial charge in [0.1, 0.15) is 6.04 Å². The van der Waals surface area contributed by atoms with E-state index in [1.54, 1.807) is 4.90 Å². The van der Waals surface area contributed by atoms with Crippen molar-refractivity contribution >= 4 is 11.9 Å². The normalized spacial score (nSPS) is 39.3. The third kappa shape index (κ3) is 2.95. The van der Waals surface area contributed by atoms with Crippen LogP contribution < -0.4 is 0 Å². The molecule has 3 aliphatic rings. The molecule has 1 aliphatic heterocycles. The Kier molecular flexibility index (Phi) is 4.23. The molecule has 2 aliphatic carbocycles. The first-order valence-corrected chi connectivity index (χ1v) is 8.58. The van der Waals surface area contributed by atoms with Gasteiger partial charge in [-0.05, 0) is 49.4 Å². The monoisotopic (exact) mass is 293 g/mol. The molecule has 3 fully saturated rings. The van der Waals surface area contributed by atoms with Crippen LogP contribution in [0.2, 0.25) is 0 Å². The largest absolute Gasteiger partial charge is 0.480 e. The van der Waals surface area contributed by atoms with Crippen LogP contribution in [0.1, 0.15) is 58.3 Å². The molecule has 0 spiro atoms. The van der Waals surface area contributed by atoms with Gasteiger partial charge in [-0.15, -0.1) is 0 Å². The molecule has 3 rings (SSSR count). The smallest absolute Gasteiger partial charge is 0.326 e. The van der Waals surface area contributed by atoms with Crippen LogP contribution >= 0.6 is 0 Å². The Morgan fingerprint density at radius 1 is 1.14 bits per heavy atom. The Balaban J connectivity index is 1.64. The van der Waals surface area contributed by atoms with Crippen molar-refractivity contribution in [3.63, 3.8) is 0 Å². The zero-order valence-corrected chi connectivity index (χ0v) is 13.0. The zero-order valence-electron chi connectivity index (χ0n) is 13.0. The highest BCUT2D eigenvalue weighted by Crippen LogP contribution is 2.43. The van der Waals surface area contributed by atoms with Crippen molar-refractivity contribution in [3.05, 3.63) is 0 Å². The first-order valence-electron chi connectivity index (χ1n) is 8.58. The fraction of sp³-hybridized carbons (Fsp3) is 0.882. The van der Waals surface area contributed by atoms with Gasteiger partial charge in [-0.1, -0.05) is 26.2 Å². The lowest BCUT2D eigenvalue weighted by Gasteiger charge is -2.30. The van der Waals surface area contributed by atoms with Crippen LogP contribution in [0.4, 0.5) is 0 Å². The van der Waals surface area contributed by atoms with Crippen LogP contribution in [0.25, 0.3) is 0 Å². The number of carbonyl (C=O) groups is 2. The van der Waals surface area contributed by atoms with Gasteiger partial charge < -0.3 is 10.0 Å². The number of hydrogen-bond acceptors (Lipinski definition) is 2. The molecule has 0 aromatic heterocycles. The SMILES string of the molecule is CC1CCCC(CC(=O)N2CC3CCCC3C2C(=O)O)C1. The highest BCUT2D eigenvalue weighted by Gasteiger charge is 2.49. The van der Waals surface area contributed by atoms with E-state index >= 15 is 0 Å². The molecule has 118 valence electrons. The number of aliphatic carboxylic acids is 1. The summed E-state index contributed by atoms with van der Waals surface area (Å²) in [6.45, 7) is 2.94. The Hall–Kier alpha value is -1.06. The molecule has 0 bridgehead atoms. The van der Waals surface area contributed by atoms with Gasteiger partial charge in [0.15, 0.2) is 0 Å². The zero-order chi connectivity index (χ0) is 15.0. The van der Waals surface area contributed by atoms with Crippen molar-refractivity contribution in [3.8, 4) is 0 Å². The summed E-state index contributed by atoms with van der Waals surface area (Å²) >= 11 is 0. The van der Waals surface area contributed by atoms with Gasteiger partial charge in [0.05, 0.1) is 0 Å². The molecule has 0 aromatic carbocycles. The number of carbonyl (C=O) groups excluding carboxylic acids is 1. The molecular weight excluding hydrogens is 266 g/mol. The molecule has 5 atom stereocenters. The average Bonchev–Trinajstić information content (AvgIpc) is 2.97. The second kappa shape index (κ2) is 5.98. The van der Waals surface area contributed by atoms with Crippen molar-refractivity contribution < 1.29 is 14.7 Å². The van der Waals surface area contributed by atoms with Crippen LogP contribution in [-0.2, 0) is 9.59 Å². The van der Waals surface area contributed by atoms with Crippen molar-refractivity contribution in [2.45, 2.75) is 64.3 Å². The van der Waals surface area contributed by atoms with E-state index in [0.29, 0.717) is 30.7 Å². The van der Waals surface area contributed by atoms with E-state index in [-0.39, 0.29) is 11.8 Å². The van der Waals surface area contributed by atoms with Crippen molar-refractivity contribution in [1.29, 1.82) is 0 Å². The summed E-state index contributed by atoms with van der Waals surface area (Å²) < 4.78 is 0. The Labute approximate surface area is 126 Å². The van der Waals surface area contributed by atoms with Crippen molar-refractivity contribution in [2.75, 3.05) is 6.54 Å². The topological polar surface area (TPSA) is 57.6 Å². The number of carboxylic acids is 1. The maximum atomic E-state index is 12.6. The molecule has 1 N–H and O–H groups in total. The van der Waals surface area contributed by atoms with E-state index in [4.69, 9.17) is 0 Å². The van der Waals surface area contributed by atoms with Crippen molar-refractivity contribution in [1.82, 2.24) is 4.90 Å². The minimum Gasteiger partial charge on any atom is -0.480 e. The van der Waals surface area contributed by atoms with Gasteiger partial charge in [-0.3, -0.25) is 4.79 Å². The van der Waals surface area contributed by atoms with E-state index in [0.717, 1.165) is 32.1 Å². The third-order valence-electron chi connectivity index (χ3n) is 5.97. The van der Waals surface area contributed by atoms with Crippen LogP contribution in [0.3, 0.4) is 0 Å². The third-order valence-corrected chi connectivity index (χ3v) is 5.97. The number of rotatable bonds is 3. The minimum absolute atomic E-state index is 0.0934. The Morgan fingerprint density at radius 2 is 1.90 bits per heavy atom. The van der Waals surface area contributed by atoms with E-state index in [2.05, 4.69) is 6.92 Å². The fourth-order valence-electron chi connectivity index (χ4n) is 4.99. The summed E-state index contributed by atoms with van der Waals surface area (Å²) in [6.07, 6.45) is 8.52. The lowest BCUT2D eigenvalue weighted by molar-refractivity contribution is -0.150. The van der Waals surface area contributed by atoms with E-state index in [1.165, 1.54) is 12.8 Å². The van der Waals surface area contributed by atoms with E-state index in [1.807, 2.05) is 0 Å². The van der Waals surface area contributed by atoms with E-state index in [9.17, 15) is 14.7 Å². The predicted molar refractivity (Wildman–Crippen MR) is 79.7 cm³/mol. The summed E-state index contributed by atoms with van der Waals surface area (Å²) in [7, 11) is 0. The summed E-state index contributed by atoms with van der Waals surface area (Å²) in [5.41, 5.74) is 0. The number of amides is 1. The Bertz CT molecular complexity index is 422. The first-order chi connectivity index (χ1) is 10.1. The molecule has 21 heavy (non-hydrogen) atoms. The molecule has 5 unspecified atom stereocenters. The van der Waals surface area contributed by atoms with Gasteiger partial charge in [-0.25, -0.2) is 4.79 Å². The molecule has 1 amide bonds. The van der Waals surface area contributed by atoms with Crippen LogP contribution in [0, 0.1) is 23.7 Å². The molecule has 0 aromatic rings. The van der Waals surface area contributed by atoms with Crippen LogP contribution in [0.15, 0.2) is 0 Å². The highest BCUT2D eigenvalue weighted by atomic mass is 16.4. The number of carboxylic acid groups (broad SMARTS) is 1. The molecular formula is C17H27NO3. The lowest BCUT2D eigenvalue weighted by Crippen LogP contribution is -2.44. The van der Waals surface area contributed by atoms with E-state index < -0.39 is 12.0 Å². The first kappa shape index (κ1) is 14.9. The molecule has 1 heterocycles. The summed E-state index contributed by atoms with van der Waals surface area (Å²) in [5.74, 6) is 1.11. The highest BCUT2D eigenvalue weighted by molar-refractivity contribution is 5.85. The molecule has 1 saturated heterocycles. The number of nitrogens with zero attached hydrogens (tertiary/aromatic N) is 1. The number of fused-ring (bicyclic) bond motifs is 1. The van der Waals surface area contributed by atoms with Gasteiger partial charge in [0, 0.05) is 13.0 Å². The number of likely N-dealkylation sites (tertiary alicyclic amines) is 1. The van der Waals surface area contributed by atoms with Crippen LogP contribution in [-0.4, -0.2) is 34.5 Å². The van der Waals surface area contributed by atoms with Crippen molar-refractivity contribution in [2.24, 2.45) is 23.7 Å².